The number of carbonyl (C=O) groups excluding carboxylic acids is 1. The van der Waals surface area contributed by atoms with E-state index in [9.17, 15) is 14.7 Å². The largest absolute Gasteiger partial charge is 0.480 e. The molecule has 1 aliphatic heterocycles. The Morgan fingerprint density at radius 3 is 2.45 bits per heavy atom. The summed E-state index contributed by atoms with van der Waals surface area (Å²) in [7, 11) is 0. The van der Waals surface area contributed by atoms with Crippen LogP contribution < -0.4 is 15.6 Å². The fraction of sp³-hybridized carbons (Fsp3) is 0.226. The van der Waals surface area contributed by atoms with Gasteiger partial charge in [-0.1, -0.05) is 54.6 Å². The Hall–Kier alpha value is -3.57. The average Bonchev–Trinajstić information content (AvgIpc) is 2.95. The topological polar surface area (TPSA) is 90.9 Å². The molecule has 0 bridgehead atoms. The zero-order chi connectivity index (χ0) is 27.6. The number of hydrogen-bond acceptors (Lipinski definition) is 6. The van der Waals surface area contributed by atoms with Crippen LogP contribution in [0.1, 0.15) is 34.3 Å². The van der Waals surface area contributed by atoms with Crippen molar-refractivity contribution in [1.82, 2.24) is 15.9 Å². The maximum Gasteiger partial charge on any atom is 0.326 e. The third-order valence-corrected chi connectivity index (χ3v) is 7.07. The summed E-state index contributed by atoms with van der Waals surface area (Å²) >= 11 is 1.55. The molecule has 1 heterocycles. The molecule has 0 unspecified atom stereocenters. The Morgan fingerprint density at radius 1 is 1.02 bits per heavy atom. The molecular weight excluding hydrogens is 517 g/mol. The van der Waals surface area contributed by atoms with Crippen LogP contribution in [0.15, 0.2) is 96.8 Å². The summed E-state index contributed by atoms with van der Waals surface area (Å²) in [6.07, 6.45) is 9.59. The first-order chi connectivity index (χ1) is 18.9. The molecule has 203 valence electrons. The zero-order valence-electron chi connectivity index (χ0n) is 23.1. The second-order valence-corrected chi connectivity index (χ2v) is 10.2. The standard InChI is InChI=1S/C31H33N3O4S.Li/c1-22-8-6-7-11-26(22)28-20-23(14-15-27(28)30(35)33-29(31(36)37)17-19-39-2)12-13-24-16-18-34(32-21-24)38-25-9-4-3-5-10-25;/h3-11,14-16,18,20-21,29,32H,12-13,17,19H2,1-2H3,(H,33,35)(H,36,37);/t29-;/m0./s1. The monoisotopic (exact) mass is 550 g/mol. The van der Waals surface area contributed by atoms with E-state index in [1.807, 2.05) is 98.4 Å². The van der Waals surface area contributed by atoms with Gasteiger partial charge in [0, 0.05) is 30.6 Å². The van der Waals surface area contributed by atoms with Crippen LogP contribution in [0, 0.1) is 6.92 Å². The molecule has 7 nitrogen and oxygen atoms in total. The molecule has 3 aromatic carbocycles. The van der Waals surface area contributed by atoms with E-state index in [1.165, 1.54) is 0 Å². The molecule has 9 heteroatoms. The van der Waals surface area contributed by atoms with Crippen molar-refractivity contribution in [3.05, 3.63) is 114 Å². The molecule has 3 aromatic rings. The second kappa shape index (κ2) is 15.3. The zero-order valence-corrected chi connectivity index (χ0v) is 23.9. The van der Waals surface area contributed by atoms with Gasteiger partial charge in [-0.15, -0.1) is 5.17 Å². The quantitative estimate of drug-likeness (QED) is 0.262. The molecule has 4 rings (SSSR count). The van der Waals surface area contributed by atoms with Crippen molar-refractivity contribution in [1.29, 1.82) is 0 Å². The Bertz CT molecular complexity index is 1360. The fourth-order valence-electron chi connectivity index (χ4n) is 4.27. The van der Waals surface area contributed by atoms with Crippen LogP contribution in [0.5, 0.6) is 5.75 Å². The Kier molecular flexibility index (Phi) is 11.8. The molecule has 1 amide bonds. The minimum absolute atomic E-state index is 0. The van der Waals surface area contributed by atoms with Crippen molar-refractivity contribution in [2.45, 2.75) is 32.2 Å². The average molecular weight is 551 g/mol. The van der Waals surface area contributed by atoms with Gasteiger partial charge >= 0.3 is 5.97 Å². The molecule has 1 aliphatic rings. The van der Waals surface area contributed by atoms with Gasteiger partial charge in [-0.05, 0) is 90.3 Å². The molecule has 1 radical (unpaired) electrons. The molecule has 1 atom stereocenters. The predicted octanol–water partition coefficient (Wildman–Crippen LogP) is 5.36. The number of rotatable bonds is 12. The van der Waals surface area contributed by atoms with E-state index >= 15 is 0 Å². The van der Waals surface area contributed by atoms with Crippen molar-refractivity contribution in [3.63, 3.8) is 0 Å². The van der Waals surface area contributed by atoms with Crippen LogP contribution in [0.3, 0.4) is 0 Å². The van der Waals surface area contributed by atoms with Crippen LogP contribution in [0.4, 0.5) is 0 Å². The van der Waals surface area contributed by atoms with E-state index in [-0.39, 0.29) is 24.8 Å². The first kappa shape index (κ1) is 31.0. The number of aliphatic carboxylic acids is 1. The van der Waals surface area contributed by atoms with Gasteiger partial charge in [0.15, 0.2) is 5.75 Å². The van der Waals surface area contributed by atoms with Crippen LogP contribution in [0.2, 0.25) is 0 Å². The number of nitrogens with one attached hydrogen (secondary N) is 2. The number of benzene rings is 3. The first-order valence-corrected chi connectivity index (χ1v) is 14.2. The van der Waals surface area contributed by atoms with E-state index in [2.05, 4.69) is 10.7 Å². The van der Waals surface area contributed by atoms with Gasteiger partial charge in [-0.2, -0.15) is 11.8 Å². The smallest absolute Gasteiger partial charge is 0.326 e. The number of hydrogen-bond donors (Lipinski definition) is 3. The molecule has 0 saturated carbocycles. The molecular formula is C31H33LiN3O4S. The summed E-state index contributed by atoms with van der Waals surface area (Å²) in [5, 5.41) is 13.9. The summed E-state index contributed by atoms with van der Waals surface area (Å²) in [4.78, 5) is 30.8. The number of carboxylic acid groups (broad SMARTS) is 1. The summed E-state index contributed by atoms with van der Waals surface area (Å²) in [5.74, 6) is -0.0234. The Morgan fingerprint density at radius 2 is 1.77 bits per heavy atom. The molecule has 0 aliphatic carbocycles. The van der Waals surface area contributed by atoms with Crippen LogP contribution in [-0.2, 0) is 11.2 Å². The number of hydrazine groups is 1. The minimum Gasteiger partial charge on any atom is -0.480 e. The number of carbonyl (C=O) groups is 2. The maximum atomic E-state index is 13.3. The SMILES string of the molecule is CSCC[C@H](NC(=O)c1ccc(CCC2=CNN(Oc3ccccc3)C=C2)cc1-c1ccccc1C)C(=O)O.[Li]. The number of amides is 1. The first-order valence-electron chi connectivity index (χ1n) is 12.8. The number of carboxylic acids is 1. The molecule has 0 fully saturated rings. The van der Waals surface area contributed by atoms with Gasteiger partial charge in [0.05, 0.1) is 6.20 Å². The summed E-state index contributed by atoms with van der Waals surface area (Å²) in [5.41, 5.74) is 8.58. The normalized spacial score (nSPS) is 12.9. The Labute approximate surface area is 251 Å². The van der Waals surface area contributed by atoms with Gasteiger partial charge in [0.2, 0.25) is 0 Å². The molecule has 0 saturated heterocycles. The van der Waals surface area contributed by atoms with Crippen molar-refractivity contribution in [2.75, 3.05) is 12.0 Å². The maximum absolute atomic E-state index is 13.3. The van der Waals surface area contributed by atoms with Gasteiger partial charge in [0.1, 0.15) is 6.04 Å². The number of nitrogens with zero attached hydrogens (tertiary/aromatic N) is 1. The third kappa shape index (κ3) is 8.46. The van der Waals surface area contributed by atoms with Crippen molar-refractivity contribution in [3.8, 4) is 16.9 Å². The fourth-order valence-corrected chi connectivity index (χ4v) is 4.74. The molecule has 0 aromatic heterocycles. The number of allylic oxidation sites excluding steroid dienone is 2. The molecule has 40 heavy (non-hydrogen) atoms. The third-order valence-electron chi connectivity index (χ3n) is 6.43. The van der Waals surface area contributed by atoms with E-state index in [0.29, 0.717) is 17.7 Å². The van der Waals surface area contributed by atoms with Crippen molar-refractivity contribution >= 4 is 42.5 Å². The Balaban J connectivity index is 0.00000441. The van der Waals surface area contributed by atoms with Crippen LogP contribution >= 0.6 is 11.8 Å². The van der Waals surface area contributed by atoms with Crippen molar-refractivity contribution < 1.29 is 19.5 Å². The molecule has 3 N–H and O–H groups in total. The number of aryl methyl sites for hydroxylation is 2. The number of para-hydroxylation sites is 1. The van der Waals surface area contributed by atoms with E-state index in [1.54, 1.807) is 23.0 Å². The predicted molar refractivity (Wildman–Crippen MR) is 162 cm³/mol. The van der Waals surface area contributed by atoms with E-state index in [4.69, 9.17) is 4.84 Å². The summed E-state index contributed by atoms with van der Waals surface area (Å²) in [6, 6.07) is 22.3. The summed E-state index contributed by atoms with van der Waals surface area (Å²) in [6.45, 7) is 2.01. The van der Waals surface area contributed by atoms with Crippen LogP contribution in [0.25, 0.3) is 11.1 Å². The second-order valence-electron chi connectivity index (χ2n) is 9.23. The van der Waals surface area contributed by atoms with Gasteiger partial charge in [-0.3, -0.25) is 10.2 Å². The van der Waals surface area contributed by atoms with Gasteiger partial charge in [-0.25, -0.2) is 4.79 Å². The minimum atomic E-state index is -1.03. The number of hydroxylamine groups is 1. The van der Waals surface area contributed by atoms with Gasteiger partial charge < -0.3 is 15.3 Å². The molecule has 0 spiro atoms. The van der Waals surface area contributed by atoms with E-state index in [0.717, 1.165) is 46.4 Å². The van der Waals surface area contributed by atoms with Crippen molar-refractivity contribution in [2.24, 2.45) is 0 Å². The number of thioether (sulfide) groups is 1. The van der Waals surface area contributed by atoms with Gasteiger partial charge in [0.25, 0.3) is 5.91 Å². The summed E-state index contributed by atoms with van der Waals surface area (Å²) < 4.78 is 0. The van der Waals surface area contributed by atoms with Crippen LogP contribution in [-0.4, -0.2) is 59.1 Å². The van der Waals surface area contributed by atoms with E-state index < -0.39 is 12.0 Å².